The van der Waals surface area contributed by atoms with Crippen LogP contribution in [0.15, 0.2) is 29.2 Å². The van der Waals surface area contributed by atoms with E-state index in [1.807, 2.05) is 0 Å². The predicted octanol–water partition coefficient (Wildman–Crippen LogP) is 1.92. The average Bonchev–Trinajstić information content (AvgIpc) is 2.16. The first-order chi connectivity index (χ1) is 7.16. The molecule has 0 unspecified atom stereocenters. The second kappa shape index (κ2) is 4.11. The molecule has 16 heavy (non-hydrogen) atoms. The fourth-order valence-electron chi connectivity index (χ4n) is 1.10. The van der Waals surface area contributed by atoms with Gasteiger partial charge in [-0.3, -0.25) is 0 Å². The summed E-state index contributed by atoms with van der Waals surface area (Å²) >= 11 is 0. The fraction of sp³-hybridized carbons (Fsp3) is 0.333. The van der Waals surface area contributed by atoms with E-state index in [1.54, 1.807) is 20.0 Å². The van der Waals surface area contributed by atoms with E-state index in [0.29, 0.717) is 0 Å². The molecule has 1 rings (SSSR count). The van der Waals surface area contributed by atoms with E-state index in [0.717, 1.165) is 0 Å². The molecule has 0 N–H and O–H groups in total. The molecular weight excluding hydrogens is 249 g/mol. The summed E-state index contributed by atoms with van der Waals surface area (Å²) in [6.45, 7) is 2.81. The molecule has 0 aliphatic carbocycles. The van der Waals surface area contributed by atoms with Gasteiger partial charge in [0.15, 0.2) is 0 Å². The van der Waals surface area contributed by atoms with E-state index in [-0.39, 0.29) is 10.6 Å². The molecule has 90 valence electrons. The molecule has 1 aromatic rings. The van der Waals surface area contributed by atoms with E-state index in [4.69, 9.17) is 0 Å². The van der Waals surface area contributed by atoms with E-state index < -0.39 is 20.8 Å². The van der Waals surface area contributed by atoms with Crippen molar-refractivity contribution in [3.05, 3.63) is 34.4 Å². The minimum absolute atomic E-state index is 0.102. The minimum atomic E-state index is -3.30. The van der Waals surface area contributed by atoms with Gasteiger partial charge < -0.3 is 0 Å². The molecule has 0 atom stereocenters. The molecule has 0 aliphatic heterocycles. The van der Waals surface area contributed by atoms with Gasteiger partial charge >= 0.3 is 94.2 Å². The van der Waals surface area contributed by atoms with Crippen molar-refractivity contribution in [3.8, 4) is 0 Å². The summed E-state index contributed by atoms with van der Waals surface area (Å²) in [5.74, 6) is 0. The van der Waals surface area contributed by atoms with Gasteiger partial charge in [-0.1, -0.05) is 0 Å². The van der Waals surface area contributed by atoms with Gasteiger partial charge in [0, 0.05) is 0 Å². The monoisotopic (exact) mass is 263 g/mol. The van der Waals surface area contributed by atoms with Crippen molar-refractivity contribution in [2.24, 2.45) is 0 Å². The molecule has 0 bridgehead atoms. The van der Waals surface area contributed by atoms with E-state index in [1.165, 1.54) is 24.3 Å². The molecule has 0 radical (unpaired) electrons. The first kappa shape index (κ1) is 13.1. The SMILES string of the molecule is C[PH](C)(C)S(=O)(=O)c1ccc([N+](=O)[O-])cc1. The first-order valence-corrected chi connectivity index (χ1v) is 10.4. The van der Waals surface area contributed by atoms with E-state index >= 15 is 0 Å². The Bertz CT molecular complexity index is 501. The first-order valence-electron chi connectivity index (χ1n) is 4.65. The second-order valence-electron chi connectivity index (χ2n) is 4.37. The Balaban J connectivity index is 3.23. The number of hydrogen-bond acceptors (Lipinski definition) is 4. The van der Waals surface area contributed by atoms with Crippen LogP contribution in [0.25, 0.3) is 0 Å². The van der Waals surface area contributed by atoms with Crippen LogP contribution in [0.3, 0.4) is 0 Å². The second-order valence-corrected chi connectivity index (χ2v) is 15.4. The van der Waals surface area contributed by atoms with Gasteiger partial charge in [-0.15, -0.1) is 0 Å². The zero-order valence-electron chi connectivity index (χ0n) is 9.30. The van der Waals surface area contributed by atoms with Crippen LogP contribution in [-0.2, 0) is 9.46 Å². The standard InChI is InChI=1S/C9H14NO4PS/c1-15(2,3)16(13,14)9-6-4-8(5-7-9)10(11)12/h4-7,15H,1-3H3. The number of non-ortho nitro benzene ring substituents is 1. The van der Waals surface area contributed by atoms with Crippen molar-refractivity contribution >= 4 is 21.6 Å². The van der Waals surface area contributed by atoms with E-state index in [2.05, 4.69) is 0 Å². The van der Waals surface area contributed by atoms with Gasteiger partial charge in [-0.25, -0.2) is 0 Å². The molecule has 0 fully saturated rings. The van der Waals surface area contributed by atoms with Crippen molar-refractivity contribution in [2.75, 3.05) is 20.0 Å². The van der Waals surface area contributed by atoms with Crippen molar-refractivity contribution in [2.45, 2.75) is 4.90 Å². The summed E-state index contributed by atoms with van der Waals surface area (Å²) in [6.07, 6.45) is 0. The number of nitro groups is 1. The number of nitrogens with zero attached hydrogens (tertiary/aromatic N) is 1. The van der Waals surface area contributed by atoms with Crippen LogP contribution in [0.5, 0.6) is 0 Å². The molecule has 5 nitrogen and oxygen atoms in total. The Labute approximate surface area is 94.6 Å². The molecule has 0 spiro atoms. The van der Waals surface area contributed by atoms with E-state index in [9.17, 15) is 18.5 Å². The summed E-state index contributed by atoms with van der Waals surface area (Å²) in [5, 5.41) is 10.4. The summed E-state index contributed by atoms with van der Waals surface area (Å²) in [7, 11) is -3.30. The quantitative estimate of drug-likeness (QED) is 0.474. The Hall–Kier alpha value is -1.00. The van der Waals surface area contributed by atoms with Crippen molar-refractivity contribution in [1.82, 2.24) is 0 Å². The summed E-state index contributed by atoms with van der Waals surface area (Å²) in [6, 6.07) is 5.03. The zero-order valence-corrected chi connectivity index (χ0v) is 11.1. The Morgan fingerprint density at radius 2 is 1.56 bits per heavy atom. The predicted molar refractivity (Wildman–Crippen MR) is 66.4 cm³/mol. The summed E-state index contributed by atoms with van der Waals surface area (Å²) < 4.78 is 24.1. The van der Waals surface area contributed by atoms with Gasteiger partial charge in [0.1, 0.15) is 0 Å². The van der Waals surface area contributed by atoms with Crippen molar-refractivity contribution < 1.29 is 13.3 Å². The normalized spacial score (nSPS) is 13.4. The molecule has 0 saturated heterocycles. The average molecular weight is 263 g/mol. The Kier molecular flexibility index (Phi) is 3.35. The number of benzene rings is 1. The van der Waals surface area contributed by atoms with Crippen LogP contribution in [0.2, 0.25) is 0 Å². The molecular formula is C9H14NO4PS. The number of nitro benzene ring substituents is 1. The molecule has 0 heterocycles. The third kappa shape index (κ3) is 2.39. The van der Waals surface area contributed by atoms with Crippen molar-refractivity contribution in [1.29, 1.82) is 0 Å². The van der Waals surface area contributed by atoms with Gasteiger partial charge in [0.2, 0.25) is 0 Å². The Morgan fingerprint density at radius 1 is 1.12 bits per heavy atom. The maximum atomic E-state index is 12.0. The molecule has 7 heteroatoms. The van der Waals surface area contributed by atoms with Gasteiger partial charge in [-0.2, -0.15) is 0 Å². The number of rotatable bonds is 3. The summed E-state index contributed by atoms with van der Waals surface area (Å²) in [5.41, 5.74) is -0.102. The molecule has 1 aromatic carbocycles. The van der Waals surface area contributed by atoms with Gasteiger partial charge in [0.05, 0.1) is 0 Å². The Morgan fingerprint density at radius 3 is 1.88 bits per heavy atom. The topological polar surface area (TPSA) is 77.3 Å². The maximum absolute atomic E-state index is 12.0. The number of hydrogen-bond donors (Lipinski definition) is 0. The van der Waals surface area contributed by atoms with Gasteiger partial charge in [-0.05, 0) is 0 Å². The van der Waals surface area contributed by atoms with Crippen LogP contribution >= 0.6 is 6.46 Å². The zero-order chi connectivity index (χ0) is 12.6. The molecule has 0 aromatic heterocycles. The molecule has 0 saturated carbocycles. The van der Waals surface area contributed by atoms with Crippen LogP contribution in [0.4, 0.5) is 5.69 Å². The van der Waals surface area contributed by atoms with Crippen LogP contribution in [-0.4, -0.2) is 33.3 Å². The van der Waals surface area contributed by atoms with Gasteiger partial charge in [0.25, 0.3) is 0 Å². The third-order valence-electron chi connectivity index (χ3n) is 2.16. The molecule has 0 aliphatic rings. The van der Waals surface area contributed by atoms with Crippen LogP contribution in [0, 0.1) is 10.1 Å². The molecule has 0 amide bonds. The summed E-state index contributed by atoms with van der Waals surface area (Å²) in [4.78, 5) is 10.0. The van der Waals surface area contributed by atoms with Crippen molar-refractivity contribution in [3.63, 3.8) is 0 Å². The third-order valence-corrected chi connectivity index (χ3v) is 10.2. The van der Waals surface area contributed by atoms with Crippen LogP contribution < -0.4 is 0 Å². The fourth-order valence-corrected chi connectivity index (χ4v) is 4.83. The van der Waals surface area contributed by atoms with Crippen LogP contribution in [0.1, 0.15) is 0 Å².